The molecule has 1 aliphatic rings. The van der Waals surface area contributed by atoms with Crippen molar-refractivity contribution < 1.29 is 0 Å². The molecule has 0 unspecified atom stereocenters. The third-order valence-electron chi connectivity index (χ3n) is 11.2. The summed E-state index contributed by atoms with van der Waals surface area (Å²) in [4.78, 5) is 0. The maximum Gasteiger partial charge on any atom is 0.180 e. The number of rotatable bonds is 4. The summed E-state index contributed by atoms with van der Waals surface area (Å²) in [5, 5.41) is 10.8. The highest BCUT2D eigenvalue weighted by Crippen LogP contribution is 2.40. The molecule has 8 aromatic carbocycles. The molecule has 0 N–H and O–H groups in total. The van der Waals surface area contributed by atoms with Gasteiger partial charge in [-0.2, -0.15) is 0 Å². The summed E-state index contributed by atoms with van der Waals surface area (Å²) in [6, 6.07) is 72.3. The van der Waals surface area contributed by atoms with Crippen molar-refractivity contribution in [2.75, 3.05) is 0 Å². The molecule has 0 bridgehead atoms. The van der Waals surface area contributed by atoms with Crippen molar-refractivity contribution in [3.63, 3.8) is 0 Å². The molecule has 51 heavy (non-hydrogen) atoms. The monoisotopic (exact) mass is 664 g/mol. The molecule has 11 rings (SSSR count). The zero-order valence-corrected chi connectivity index (χ0v) is 28.9. The Hall–Kier alpha value is -6.42. The van der Waals surface area contributed by atoms with Crippen molar-refractivity contribution in [1.29, 1.82) is 0 Å². The van der Waals surface area contributed by atoms with Crippen LogP contribution in [0.5, 0.6) is 0 Å². The second-order valence-electron chi connectivity index (χ2n) is 13.7. The minimum atomic E-state index is -2.64. The van der Waals surface area contributed by atoms with Gasteiger partial charge < -0.3 is 9.13 Å². The summed E-state index contributed by atoms with van der Waals surface area (Å²) in [5.74, 6) is 0. The molecule has 0 fully saturated rings. The Bertz CT molecular complexity index is 2920. The topological polar surface area (TPSA) is 9.86 Å². The maximum atomic E-state index is 2.53. The Balaban J connectivity index is 1.25. The molecule has 10 aromatic rings. The van der Waals surface area contributed by atoms with Crippen LogP contribution in [0.1, 0.15) is 0 Å². The molecule has 0 aliphatic carbocycles. The second kappa shape index (κ2) is 10.8. The van der Waals surface area contributed by atoms with Gasteiger partial charge in [0.2, 0.25) is 0 Å². The number of fused-ring (bicyclic) bond motifs is 9. The van der Waals surface area contributed by atoms with Crippen LogP contribution in [0, 0.1) is 0 Å². The second-order valence-corrected chi connectivity index (χ2v) is 17.4. The van der Waals surface area contributed by atoms with Crippen molar-refractivity contribution in [2.45, 2.75) is 0 Å². The summed E-state index contributed by atoms with van der Waals surface area (Å²) in [7, 11) is -2.64. The zero-order chi connectivity index (χ0) is 33.5. The lowest BCUT2D eigenvalue weighted by molar-refractivity contribution is 1.18. The molecule has 0 atom stereocenters. The van der Waals surface area contributed by atoms with Crippen LogP contribution in [0.15, 0.2) is 194 Å². The molecule has 0 amide bonds. The number of benzene rings is 8. The van der Waals surface area contributed by atoms with Crippen LogP contribution in [0.3, 0.4) is 0 Å². The molecule has 0 radical (unpaired) electrons. The van der Waals surface area contributed by atoms with E-state index in [1.54, 1.807) is 0 Å². The van der Waals surface area contributed by atoms with Gasteiger partial charge in [-0.3, -0.25) is 0 Å². The lowest BCUT2D eigenvalue weighted by Gasteiger charge is -2.31. The number of para-hydroxylation sites is 3. The normalized spacial score (nSPS) is 13.3. The molecule has 2 aromatic heterocycles. The van der Waals surface area contributed by atoms with E-state index in [4.69, 9.17) is 0 Å². The van der Waals surface area contributed by atoms with Gasteiger partial charge in [0.15, 0.2) is 8.07 Å². The Kier molecular flexibility index (Phi) is 6.01. The lowest BCUT2D eigenvalue weighted by atomic mass is 10.1. The first-order chi connectivity index (χ1) is 25.3. The van der Waals surface area contributed by atoms with Gasteiger partial charge in [0.05, 0.1) is 22.1 Å². The number of nitrogens with zero attached hydrogens (tertiary/aromatic N) is 2. The molecule has 1 aliphatic heterocycles. The van der Waals surface area contributed by atoms with Crippen molar-refractivity contribution in [1.82, 2.24) is 9.13 Å². The SMILES string of the molecule is c1ccc(-n2c3ccccc3c3cc4c(cc32)c2ccccc2n4-c2ccc3c(c2)[Si](c2ccccc2)(c2ccccc2)c2ccccc2-3)cc1. The Morgan fingerprint density at radius 3 is 1.37 bits per heavy atom. The molecule has 3 heterocycles. The van der Waals surface area contributed by atoms with Crippen LogP contribution in [0.2, 0.25) is 0 Å². The highest BCUT2D eigenvalue weighted by Gasteiger charge is 2.48. The first-order valence-corrected chi connectivity index (χ1v) is 19.7. The van der Waals surface area contributed by atoms with E-state index in [2.05, 4.69) is 203 Å². The molecule has 0 saturated carbocycles. The fourth-order valence-corrected chi connectivity index (χ4v) is 14.3. The average molecular weight is 665 g/mol. The van der Waals surface area contributed by atoms with E-state index >= 15 is 0 Å². The first kappa shape index (κ1) is 28.4. The van der Waals surface area contributed by atoms with Gasteiger partial charge in [0, 0.05) is 32.9 Å². The van der Waals surface area contributed by atoms with Crippen LogP contribution < -0.4 is 20.7 Å². The van der Waals surface area contributed by atoms with Crippen molar-refractivity contribution in [3.05, 3.63) is 194 Å². The standard InChI is InChI=1S/C48H32N2Si/c1-4-16-33(17-5-1)49-43-25-13-10-22-37(43)41-32-46-42(31-45(41)49)38-23-11-14-26-44(38)50(46)34-28-29-40-39-24-12-15-27-47(39)51(48(40)30-34,35-18-6-2-7-19-35)36-20-8-3-9-21-36/h1-32H. The van der Waals surface area contributed by atoms with E-state index in [-0.39, 0.29) is 0 Å². The van der Waals surface area contributed by atoms with Crippen LogP contribution >= 0.6 is 0 Å². The van der Waals surface area contributed by atoms with Gasteiger partial charge in [-0.1, -0.05) is 146 Å². The van der Waals surface area contributed by atoms with E-state index in [9.17, 15) is 0 Å². The van der Waals surface area contributed by atoms with E-state index in [0.29, 0.717) is 0 Å². The van der Waals surface area contributed by atoms with Gasteiger partial charge in [-0.05, 0) is 80.4 Å². The largest absolute Gasteiger partial charge is 0.309 e. The van der Waals surface area contributed by atoms with E-state index in [1.165, 1.54) is 86.9 Å². The highest BCUT2D eigenvalue weighted by molar-refractivity contribution is 7.22. The minimum Gasteiger partial charge on any atom is -0.309 e. The van der Waals surface area contributed by atoms with Crippen LogP contribution in [-0.4, -0.2) is 17.2 Å². The number of hydrogen-bond donors (Lipinski definition) is 0. The quantitative estimate of drug-likeness (QED) is 0.166. The molecule has 3 heteroatoms. The summed E-state index contributed by atoms with van der Waals surface area (Å²) in [5.41, 5.74) is 9.97. The smallest absolute Gasteiger partial charge is 0.180 e. The van der Waals surface area contributed by atoms with Crippen LogP contribution in [0.25, 0.3) is 66.1 Å². The molecule has 2 nitrogen and oxygen atoms in total. The van der Waals surface area contributed by atoms with Crippen LogP contribution in [-0.2, 0) is 0 Å². The van der Waals surface area contributed by atoms with E-state index in [1.807, 2.05) is 0 Å². The third-order valence-corrected chi connectivity index (χ3v) is 16.0. The number of aromatic nitrogens is 2. The Morgan fingerprint density at radius 1 is 0.294 bits per heavy atom. The fourth-order valence-electron chi connectivity index (χ4n) is 9.14. The highest BCUT2D eigenvalue weighted by atomic mass is 28.3. The van der Waals surface area contributed by atoms with Gasteiger partial charge >= 0.3 is 0 Å². The molecule has 0 spiro atoms. The summed E-state index contributed by atoms with van der Waals surface area (Å²) in [6.07, 6.45) is 0. The van der Waals surface area contributed by atoms with Crippen molar-refractivity contribution in [3.8, 4) is 22.5 Å². The van der Waals surface area contributed by atoms with Crippen molar-refractivity contribution in [2.24, 2.45) is 0 Å². The predicted molar refractivity (Wildman–Crippen MR) is 218 cm³/mol. The predicted octanol–water partition coefficient (Wildman–Crippen LogP) is 9.24. The van der Waals surface area contributed by atoms with E-state index < -0.39 is 8.07 Å². The number of hydrogen-bond acceptors (Lipinski definition) is 0. The lowest BCUT2D eigenvalue weighted by Crippen LogP contribution is -2.72. The summed E-state index contributed by atoms with van der Waals surface area (Å²) in [6.45, 7) is 0. The average Bonchev–Trinajstić information content (AvgIpc) is 3.81. The molecular weight excluding hydrogens is 633 g/mol. The molecule has 238 valence electrons. The summed E-state index contributed by atoms with van der Waals surface area (Å²) < 4.78 is 4.93. The fraction of sp³-hybridized carbons (Fsp3) is 0. The molecule has 0 saturated heterocycles. The zero-order valence-electron chi connectivity index (χ0n) is 27.9. The van der Waals surface area contributed by atoms with Gasteiger partial charge in [-0.25, -0.2) is 0 Å². The summed E-state index contributed by atoms with van der Waals surface area (Å²) >= 11 is 0. The van der Waals surface area contributed by atoms with Crippen LogP contribution in [0.4, 0.5) is 0 Å². The Labute approximate surface area is 297 Å². The van der Waals surface area contributed by atoms with Gasteiger partial charge in [0.1, 0.15) is 0 Å². The van der Waals surface area contributed by atoms with Gasteiger partial charge in [-0.15, -0.1) is 0 Å². The minimum absolute atomic E-state index is 1.17. The van der Waals surface area contributed by atoms with Gasteiger partial charge in [0.25, 0.3) is 0 Å². The first-order valence-electron chi connectivity index (χ1n) is 17.7. The molecular formula is C48H32N2Si. The maximum absolute atomic E-state index is 2.64. The van der Waals surface area contributed by atoms with Crippen molar-refractivity contribution >= 4 is 72.4 Å². The Morgan fingerprint density at radius 2 is 0.765 bits per heavy atom. The third kappa shape index (κ3) is 3.87. The van der Waals surface area contributed by atoms with E-state index in [0.717, 1.165) is 0 Å².